The van der Waals surface area contributed by atoms with Crippen LogP contribution in [0, 0.1) is 0 Å². The van der Waals surface area contributed by atoms with Crippen LogP contribution in [0.4, 0.5) is 10.1 Å². The molecule has 0 aliphatic rings. The van der Waals surface area contributed by atoms with Crippen molar-refractivity contribution in [3.8, 4) is 0 Å². The number of carbonyl (C=O) groups excluding carboxylic acids is 1. The van der Waals surface area contributed by atoms with Gasteiger partial charge in [0.15, 0.2) is 6.17 Å². The number of benzene rings is 1. The van der Waals surface area contributed by atoms with Gasteiger partial charge in [-0.2, -0.15) is 0 Å². The van der Waals surface area contributed by atoms with Crippen LogP contribution in [-0.4, -0.2) is 30.2 Å². The summed E-state index contributed by atoms with van der Waals surface area (Å²) in [5, 5.41) is 8.90. The van der Waals surface area contributed by atoms with Gasteiger partial charge < -0.3 is 10.0 Å². The number of alkyl halides is 1. The third-order valence-corrected chi connectivity index (χ3v) is 2.17. The Morgan fingerprint density at radius 3 is 2.44 bits per heavy atom. The number of aromatic carboxylic acids is 1. The van der Waals surface area contributed by atoms with Gasteiger partial charge in [0, 0.05) is 7.05 Å². The van der Waals surface area contributed by atoms with E-state index in [9.17, 15) is 14.0 Å². The number of hydrogen-bond donors (Lipinski definition) is 1. The second-order valence-electron chi connectivity index (χ2n) is 3.34. The maximum Gasteiger partial charge on any atom is 0.337 e. The van der Waals surface area contributed by atoms with E-state index < -0.39 is 18.0 Å². The molecule has 1 rings (SSSR count). The molecule has 4 nitrogen and oxygen atoms in total. The van der Waals surface area contributed by atoms with Crippen LogP contribution in [-0.2, 0) is 4.79 Å². The summed E-state index contributed by atoms with van der Waals surface area (Å²) in [5.74, 6) is -1.92. The minimum absolute atomic E-state index is 0.0287. The maximum absolute atomic E-state index is 12.8. The van der Waals surface area contributed by atoms with Gasteiger partial charge in [-0.25, -0.2) is 9.18 Å². The minimum Gasteiger partial charge on any atom is -0.478 e. The highest BCUT2D eigenvalue weighted by molar-refractivity contribution is 6.02. The molecule has 1 unspecified atom stereocenters. The molecule has 16 heavy (non-hydrogen) atoms. The number of hydrogen-bond acceptors (Lipinski definition) is 2. The summed E-state index contributed by atoms with van der Waals surface area (Å²) in [6.07, 6.45) is -1.66. The van der Waals surface area contributed by atoms with E-state index in [4.69, 9.17) is 5.11 Å². The van der Waals surface area contributed by atoms with Crippen molar-refractivity contribution in [1.29, 1.82) is 0 Å². The van der Waals surface area contributed by atoms with Crippen LogP contribution in [0.15, 0.2) is 24.3 Å². The monoisotopic (exact) mass is 225 g/mol. The number of rotatable bonds is 3. The molecule has 0 aromatic heterocycles. The summed E-state index contributed by atoms with van der Waals surface area (Å²) < 4.78 is 12.8. The summed E-state index contributed by atoms with van der Waals surface area (Å²) in [5.41, 5.74) is 0.156. The number of carboxylic acids is 1. The predicted octanol–water partition coefficient (Wildman–Crippen LogP) is 1.71. The summed E-state index contributed by atoms with van der Waals surface area (Å²) in [6, 6.07) is 5.96. The van der Waals surface area contributed by atoms with Crippen molar-refractivity contribution in [3.05, 3.63) is 29.8 Å². The molecule has 0 aliphatic heterocycles. The van der Waals surface area contributed by atoms with Gasteiger partial charge in [0.1, 0.15) is 0 Å². The van der Waals surface area contributed by atoms with Crippen LogP contribution in [0.2, 0.25) is 0 Å². The average Bonchev–Trinajstić information content (AvgIpc) is 2.26. The molecule has 0 bridgehead atoms. The van der Waals surface area contributed by atoms with Gasteiger partial charge >= 0.3 is 5.97 Å². The quantitative estimate of drug-likeness (QED) is 0.851. The van der Waals surface area contributed by atoms with Gasteiger partial charge in [-0.1, -0.05) is 12.1 Å². The fraction of sp³-hybridized carbons (Fsp3) is 0.273. The molecule has 1 atom stereocenters. The lowest BCUT2D eigenvalue weighted by Gasteiger charge is -2.19. The molecule has 1 N–H and O–H groups in total. The molecular weight excluding hydrogens is 213 g/mol. The zero-order valence-corrected chi connectivity index (χ0v) is 8.98. The van der Waals surface area contributed by atoms with Crippen molar-refractivity contribution in [2.45, 2.75) is 13.1 Å². The first kappa shape index (κ1) is 12.2. The summed E-state index contributed by atoms with van der Waals surface area (Å²) in [6.45, 7) is 1.11. The molecular formula is C11H12FNO3. The second-order valence-corrected chi connectivity index (χ2v) is 3.34. The van der Waals surface area contributed by atoms with Crippen LogP contribution >= 0.6 is 0 Å². The molecule has 0 aliphatic carbocycles. The second kappa shape index (κ2) is 4.74. The first-order valence-electron chi connectivity index (χ1n) is 4.69. The summed E-state index contributed by atoms with van der Waals surface area (Å²) in [4.78, 5) is 23.3. The number of nitrogens with zero attached hydrogens (tertiary/aromatic N) is 1. The molecule has 0 saturated carbocycles. The van der Waals surface area contributed by atoms with Gasteiger partial charge in [0.05, 0.1) is 11.3 Å². The van der Waals surface area contributed by atoms with Crippen molar-refractivity contribution >= 4 is 17.6 Å². The zero-order chi connectivity index (χ0) is 12.3. The van der Waals surface area contributed by atoms with E-state index in [1.807, 2.05) is 0 Å². The molecule has 1 aromatic rings. The minimum atomic E-state index is -1.66. The van der Waals surface area contributed by atoms with Gasteiger partial charge in [-0.3, -0.25) is 4.79 Å². The summed E-state index contributed by atoms with van der Waals surface area (Å²) >= 11 is 0. The highest BCUT2D eigenvalue weighted by Gasteiger charge is 2.21. The van der Waals surface area contributed by atoms with Gasteiger partial charge in [0.2, 0.25) is 0 Å². The number of amides is 1. The lowest BCUT2D eigenvalue weighted by molar-refractivity contribution is -0.122. The Morgan fingerprint density at radius 2 is 1.94 bits per heavy atom. The van der Waals surface area contributed by atoms with Crippen LogP contribution in [0.3, 0.4) is 0 Å². The topological polar surface area (TPSA) is 57.6 Å². The fourth-order valence-electron chi connectivity index (χ4n) is 1.33. The lowest BCUT2D eigenvalue weighted by Crippen LogP contribution is -2.33. The van der Waals surface area contributed by atoms with Crippen LogP contribution in [0.1, 0.15) is 17.3 Å². The highest BCUT2D eigenvalue weighted by atomic mass is 19.1. The molecule has 0 heterocycles. The molecule has 0 radical (unpaired) electrons. The molecule has 0 fully saturated rings. The number of para-hydroxylation sites is 1. The number of carbonyl (C=O) groups is 2. The Morgan fingerprint density at radius 1 is 1.38 bits per heavy atom. The van der Waals surface area contributed by atoms with E-state index in [1.54, 1.807) is 12.1 Å². The Bertz CT molecular complexity index is 417. The van der Waals surface area contributed by atoms with Crippen LogP contribution in [0.5, 0.6) is 0 Å². The largest absolute Gasteiger partial charge is 0.478 e. The first-order chi connectivity index (χ1) is 7.45. The van der Waals surface area contributed by atoms with Crippen LogP contribution < -0.4 is 4.90 Å². The average molecular weight is 225 g/mol. The van der Waals surface area contributed by atoms with E-state index in [1.165, 1.54) is 19.2 Å². The van der Waals surface area contributed by atoms with E-state index in [-0.39, 0.29) is 11.3 Å². The number of anilines is 1. The van der Waals surface area contributed by atoms with Gasteiger partial charge in [0.25, 0.3) is 5.91 Å². The predicted molar refractivity (Wildman–Crippen MR) is 57.4 cm³/mol. The highest BCUT2D eigenvalue weighted by Crippen LogP contribution is 2.20. The molecule has 1 amide bonds. The maximum atomic E-state index is 12.8. The van der Waals surface area contributed by atoms with E-state index in [2.05, 4.69) is 0 Å². The SMILES string of the molecule is CC(F)C(=O)N(C)c1ccccc1C(=O)O. The fourth-order valence-corrected chi connectivity index (χ4v) is 1.33. The van der Waals surface area contributed by atoms with Crippen molar-refractivity contribution in [3.63, 3.8) is 0 Å². The molecule has 0 spiro atoms. The van der Waals surface area contributed by atoms with Crippen LogP contribution in [0.25, 0.3) is 0 Å². The summed E-state index contributed by atoms with van der Waals surface area (Å²) in [7, 11) is 1.35. The number of halogens is 1. The van der Waals surface area contributed by atoms with Crippen molar-refractivity contribution in [1.82, 2.24) is 0 Å². The molecule has 0 saturated heterocycles. The van der Waals surface area contributed by atoms with E-state index in [0.29, 0.717) is 0 Å². The third kappa shape index (κ3) is 2.36. The number of carboxylic acid groups (broad SMARTS) is 1. The molecule has 5 heteroatoms. The van der Waals surface area contributed by atoms with Gasteiger partial charge in [-0.05, 0) is 19.1 Å². The molecule has 86 valence electrons. The standard InChI is InChI=1S/C11H12FNO3/c1-7(12)10(14)13(2)9-6-4-3-5-8(9)11(15)16/h3-7H,1-2H3,(H,15,16). The zero-order valence-electron chi connectivity index (χ0n) is 8.98. The third-order valence-electron chi connectivity index (χ3n) is 2.17. The van der Waals surface area contributed by atoms with Crippen molar-refractivity contribution in [2.24, 2.45) is 0 Å². The first-order valence-corrected chi connectivity index (χ1v) is 4.69. The van der Waals surface area contributed by atoms with E-state index in [0.717, 1.165) is 11.8 Å². The Balaban J connectivity index is 3.13. The van der Waals surface area contributed by atoms with Crippen molar-refractivity contribution in [2.75, 3.05) is 11.9 Å². The molecule has 1 aromatic carbocycles. The van der Waals surface area contributed by atoms with E-state index >= 15 is 0 Å². The Labute approximate surface area is 92.3 Å². The van der Waals surface area contributed by atoms with Crippen molar-refractivity contribution < 1.29 is 19.1 Å². The Kier molecular flexibility index (Phi) is 3.60. The Hall–Kier alpha value is -1.91. The lowest BCUT2D eigenvalue weighted by atomic mass is 10.1. The smallest absolute Gasteiger partial charge is 0.337 e. The van der Waals surface area contributed by atoms with Gasteiger partial charge in [-0.15, -0.1) is 0 Å². The normalized spacial score (nSPS) is 11.9.